The Hall–Kier alpha value is 0.0949. The first-order chi connectivity index (χ1) is 12.7. The van der Waals surface area contributed by atoms with Crippen molar-refractivity contribution in [2.75, 3.05) is 6.61 Å². The van der Waals surface area contributed by atoms with E-state index < -0.39 is 7.82 Å². The summed E-state index contributed by atoms with van der Waals surface area (Å²) in [6.45, 7) is 12.3. The van der Waals surface area contributed by atoms with Crippen molar-refractivity contribution in [3.8, 4) is 0 Å². The predicted octanol–water partition coefficient (Wildman–Crippen LogP) is 5.11. The molecule has 4 atom stereocenters. The molecular formula is C19H40BO6P. The third kappa shape index (κ3) is 9.91. The third-order valence-electron chi connectivity index (χ3n) is 4.80. The van der Waals surface area contributed by atoms with Gasteiger partial charge in [0, 0.05) is 6.00 Å². The van der Waals surface area contributed by atoms with Crippen LogP contribution in [0.5, 0.6) is 0 Å². The number of hydrogen-bond donors (Lipinski definition) is 1. The molecule has 1 unspecified atom stereocenters. The van der Waals surface area contributed by atoms with Crippen LogP contribution in [0.2, 0.25) is 12.6 Å². The fourth-order valence-electron chi connectivity index (χ4n) is 3.60. The SMILES string of the molecule is CCCCB(CCCC)[C@H]1C[C@@H](OC(C)C)[C@@H](COP(=O)(O)OC(C)C)O1. The lowest BCUT2D eigenvalue weighted by Gasteiger charge is -2.23. The van der Waals surface area contributed by atoms with Gasteiger partial charge in [-0.3, -0.25) is 9.05 Å². The van der Waals surface area contributed by atoms with Crippen molar-refractivity contribution >= 4 is 14.5 Å². The van der Waals surface area contributed by atoms with Crippen LogP contribution < -0.4 is 0 Å². The summed E-state index contributed by atoms with van der Waals surface area (Å²) in [6.07, 6.45) is 7.06. The molecule has 0 aromatic heterocycles. The van der Waals surface area contributed by atoms with Crippen LogP contribution in [0.15, 0.2) is 0 Å². The fourth-order valence-corrected chi connectivity index (χ4v) is 4.53. The average Bonchev–Trinajstić information content (AvgIpc) is 2.94. The average molecular weight is 406 g/mol. The number of phosphoric acid groups is 1. The summed E-state index contributed by atoms with van der Waals surface area (Å²) >= 11 is 0. The highest BCUT2D eigenvalue weighted by atomic mass is 31.2. The van der Waals surface area contributed by atoms with E-state index in [4.69, 9.17) is 18.5 Å². The molecule has 1 rings (SSSR count). The normalized spacial score (nSPS) is 25.3. The topological polar surface area (TPSA) is 74.2 Å². The van der Waals surface area contributed by atoms with Gasteiger partial charge in [-0.2, -0.15) is 0 Å². The van der Waals surface area contributed by atoms with Crippen LogP contribution in [0.4, 0.5) is 0 Å². The summed E-state index contributed by atoms with van der Waals surface area (Å²) in [5.74, 6) is 0. The minimum atomic E-state index is -4.08. The van der Waals surface area contributed by atoms with E-state index in [9.17, 15) is 9.46 Å². The van der Waals surface area contributed by atoms with Gasteiger partial charge in [0.1, 0.15) is 6.10 Å². The smallest absolute Gasteiger partial charge is 0.378 e. The Balaban J connectivity index is 2.74. The summed E-state index contributed by atoms with van der Waals surface area (Å²) in [5, 5.41) is 0. The number of ether oxygens (including phenoxy) is 2. The van der Waals surface area contributed by atoms with Crippen molar-refractivity contribution in [3.63, 3.8) is 0 Å². The molecule has 1 aliphatic heterocycles. The first-order valence-corrected chi connectivity index (χ1v) is 12.1. The third-order valence-corrected chi connectivity index (χ3v) is 5.97. The zero-order valence-electron chi connectivity index (χ0n) is 18.1. The summed E-state index contributed by atoms with van der Waals surface area (Å²) in [5.41, 5.74) is 0. The molecule has 6 nitrogen and oxygen atoms in total. The van der Waals surface area contributed by atoms with Gasteiger partial charge in [0.15, 0.2) is 6.71 Å². The Kier molecular flexibility index (Phi) is 11.7. The lowest BCUT2D eigenvalue weighted by Crippen LogP contribution is -2.32. The van der Waals surface area contributed by atoms with Gasteiger partial charge in [0.05, 0.1) is 24.9 Å². The molecule has 0 aromatic carbocycles. The van der Waals surface area contributed by atoms with Crippen molar-refractivity contribution in [3.05, 3.63) is 0 Å². The van der Waals surface area contributed by atoms with Gasteiger partial charge in [0.25, 0.3) is 0 Å². The molecule has 27 heavy (non-hydrogen) atoms. The Morgan fingerprint density at radius 2 is 1.70 bits per heavy atom. The van der Waals surface area contributed by atoms with Gasteiger partial charge in [-0.1, -0.05) is 52.2 Å². The van der Waals surface area contributed by atoms with Crippen molar-refractivity contribution in [2.45, 2.75) is 117 Å². The van der Waals surface area contributed by atoms with Crippen LogP contribution in [0.3, 0.4) is 0 Å². The van der Waals surface area contributed by atoms with Gasteiger partial charge in [-0.25, -0.2) is 4.57 Å². The monoisotopic (exact) mass is 406 g/mol. The van der Waals surface area contributed by atoms with E-state index in [1.54, 1.807) is 13.8 Å². The molecule has 0 aliphatic carbocycles. The molecule has 1 saturated heterocycles. The van der Waals surface area contributed by atoms with Crippen molar-refractivity contribution in [2.24, 2.45) is 0 Å². The van der Waals surface area contributed by atoms with Crippen LogP contribution in [0, 0.1) is 0 Å². The van der Waals surface area contributed by atoms with E-state index in [1.165, 1.54) is 25.7 Å². The minimum Gasteiger partial charge on any atom is -0.378 e. The molecule has 0 spiro atoms. The summed E-state index contributed by atoms with van der Waals surface area (Å²) < 4.78 is 34.6. The summed E-state index contributed by atoms with van der Waals surface area (Å²) in [4.78, 5) is 9.84. The van der Waals surface area contributed by atoms with Crippen LogP contribution >= 0.6 is 7.82 Å². The first kappa shape index (κ1) is 25.1. The second-order valence-electron chi connectivity index (χ2n) is 8.14. The highest BCUT2D eigenvalue weighted by Gasteiger charge is 2.42. The predicted molar refractivity (Wildman–Crippen MR) is 110 cm³/mol. The molecule has 1 aliphatic rings. The Bertz CT molecular complexity index is 440. The highest BCUT2D eigenvalue weighted by Crippen LogP contribution is 2.45. The molecule has 1 N–H and O–H groups in total. The Morgan fingerprint density at radius 1 is 1.11 bits per heavy atom. The largest absolute Gasteiger partial charge is 0.472 e. The molecule has 160 valence electrons. The van der Waals surface area contributed by atoms with E-state index >= 15 is 0 Å². The van der Waals surface area contributed by atoms with Crippen molar-refractivity contribution < 1.29 is 28.0 Å². The van der Waals surface area contributed by atoms with Crippen LogP contribution in [-0.4, -0.2) is 48.6 Å². The second kappa shape index (κ2) is 12.6. The number of rotatable bonds is 14. The Morgan fingerprint density at radius 3 is 2.19 bits per heavy atom. The molecule has 1 fully saturated rings. The Labute approximate surface area is 166 Å². The van der Waals surface area contributed by atoms with E-state index in [2.05, 4.69) is 13.8 Å². The number of hydrogen-bond acceptors (Lipinski definition) is 5. The van der Waals surface area contributed by atoms with E-state index in [0.29, 0.717) is 6.71 Å². The molecule has 0 amide bonds. The maximum atomic E-state index is 12.0. The quantitative estimate of drug-likeness (QED) is 0.319. The molecule has 0 saturated carbocycles. The fraction of sp³-hybridized carbons (Fsp3) is 1.00. The van der Waals surface area contributed by atoms with Crippen LogP contribution in [0.25, 0.3) is 0 Å². The molecular weight excluding hydrogens is 366 g/mol. The summed E-state index contributed by atoms with van der Waals surface area (Å²) in [7, 11) is -4.08. The van der Waals surface area contributed by atoms with E-state index in [-0.39, 0.29) is 37.0 Å². The summed E-state index contributed by atoms with van der Waals surface area (Å²) in [6, 6.07) is 0.115. The van der Waals surface area contributed by atoms with Gasteiger partial charge < -0.3 is 14.4 Å². The highest BCUT2D eigenvalue weighted by molar-refractivity contribution is 7.47. The van der Waals surface area contributed by atoms with Gasteiger partial charge >= 0.3 is 7.82 Å². The van der Waals surface area contributed by atoms with Crippen molar-refractivity contribution in [1.29, 1.82) is 0 Å². The molecule has 8 heteroatoms. The lowest BCUT2D eigenvalue weighted by atomic mass is 9.39. The maximum Gasteiger partial charge on any atom is 0.472 e. The zero-order chi connectivity index (χ0) is 20.4. The lowest BCUT2D eigenvalue weighted by molar-refractivity contribution is -0.0593. The van der Waals surface area contributed by atoms with Crippen LogP contribution in [0.1, 0.15) is 73.6 Å². The van der Waals surface area contributed by atoms with E-state index in [0.717, 1.165) is 19.1 Å². The minimum absolute atomic E-state index is 0.00264. The second-order valence-corrected chi connectivity index (χ2v) is 9.54. The van der Waals surface area contributed by atoms with Gasteiger partial charge in [0.2, 0.25) is 0 Å². The molecule has 0 aromatic rings. The van der Waals surface area contributed by atoms with E-state index in [1.807, 2.05) is 13.8 Å². The number of unbranched alkanes of at least 4 members (excludes halogenated alkanes) is 2. The van der Waals surface area contributed by atoms with Crippen molar-refractivity contribution in [1.82, 2.24) is 0 Å². The van der Waals surface area contributed by atoms with Crippen LogP contribution in [-0.2, 0) is 23.1 Å². The molecule has 1 heterocycles. The molecule has 0 bridgehead atoms. The number of phosphoric ester groups is 1. The standard InChI is InChI=1S/C19H40BO6P/c1-7-9-11-20(12-10-8-2)19-13-17(24-15(3)4)18(25-19)14-23-27(21,22)26-16(5)6/h15-19H,7-14H2,1-6H3,(H,21,22)/t17-,18-,19-/m1/s1. The molecule has 0 radical (unpaired) electrons. The maximum absolute atomic E-state index is 12.0. The first-order valence-electron chi connectivity index (χ1n) is 10.6. The van der Waals surface area contributed by atoms with Gasteiger partial charge in [-0.05, 0) is 34.1 Å². The van der Waals surface area contributed by atoms with Gasteiger partial charge in [-0.15, -0.1) is 0 Å². The zero-order valence-corrected chi connectivity index (χ0v) is 19.0.